The molecule has 8 heteroatoms. The molecule has 0 saturated carbocycles. The maximum atomic E-state index is 13.3. The van der Waals surface area contributed by atoms with Gasteiger partial charge in [-0.1, -0.05) is 13.0 Å². The Balaban J connectivity index is 1.49. The Labute approximate surface area is 164 Å². The van der Waals surface area contributed by atoms with Crippen LogP contribution in [0.5, 0.6) is 0 Å². The van der Waals surface area contributed by atoms with E-state index in [1.807, 2.05) is 47.7 Å². The van der Waals surface area contributed by atoms with Gasteiger partial charge in [-0.05, 0) is 25.5 Å². The van der Waals surface area contributed by atoms with E-state index in [0.29, 0.717) is 32.5 Å². The topological polar surface area (TPSA) is 74.6 Å². The molecule has 0 unspecified atom stereocenters. The van der Waals surface area contributed by atoms with Crippen LogP contribution in [-0.4, -0.2) is 63.7 Å². The minimum Gasteiger partial charge on any atom is -0.353 e. The highest BCUT2D eigenvalue weighted by Crippen LogP contribution is 2.27. The van der Waals surface area contributed by atoms with Crippen LogP contribution < -0.4 is 9.80 Å². The largest absolute Gasteiger partial charge is 0.353 e. The second kappa shape index (κ2) is 7.61. The smallest absolute Gasteiger partial charge is 0.245 e. The number of piperazine rings is 1. The number of fused-ring (bicyclic) bond motifs is 1. The van der Waals surface area contributed by atoms with Crippen molar-refractivity contribution in [2.45, 2.75) is 39.3 Å². The lowest BCUT2D eigenvalue weighted by Gasteiger charge is -2.40. The first-order valence-corrected chi connectivity index (χ1v) is 9.89. The fourth-order valence-electron chi connectivity index (χ4n) is 4.05. The first kappa shape index (κ1) is 18.5. The predicted molar refractivity (Wildman–Crippen MR) is 106 cm³/mol. The van der Waals surface area contributed by atoms with Crippen molar-refractivity contribution in [1.29, 1.82) is 0 Å². The second-order valence-electron chi connectivity index (χ2n) is 7.31. The maximum Gasteiger partial charge on any atom is 0.245 e. The molecule has 1 fully saturated rings. The van der Waals surface area contributed by atoms with Gasteiger partial charge >= 0.3 is 0 Å². The average molecular weight is 382 g/mol. The molecule has 2 aromatic heterocycles. The zero-order valence-corrected chi connectivity index (χ0v) is 16.4. The van der Waals surface area contributed by atoms with Crippen LogP contribution in [0, 0.1) is 6.92 Å². The van der Waals surface area contributed by atoms with E-state index in [2.05, 4.69) is 15.0 Å². The Bertz CT molecular complexity index is 857. The summed E-state index contributed by atoms with van der Waals surface area (Å²) in [6, 6.07) is 7.27. The molecule has 2 aromatic rings. The fourth-order valence-corrected chi connectivity index (χ4v) is 4.05. The highest BCUT2D eigenvalue weighted by atomic mass is 16.2. The van der Waals surface area contributed by atoms with Gasteiger partial charge in [0.1, 0.15) is 17.7 Å². The summed E-state index contributed by atoms with van der Waals surface area (Å²) in [6.07, 6.45) is 2.74. The van der Waals surface area contributed by atoms with Crippen molar-refractivity contribution >= 4 is 23.5 Å². The zero-order chi connectivity index (χ0) is 19.7. The highest BCUT2D eigenvalue weighted by molar-refractivity contribution is 6.01. The molecular formula is C20H26N6O2. The zero-order valence-electron chi connectivity index (χ0n) is 16.4. The number of amides is 2. The molecule has 0 N–H and O–H groups in total. The van der Waals surface area contributed by atoms with Crippen molar-refractivity contribution in [3.63, 3.8) is 0 Å². The summed E-state index contributed by atoms with van der Waals surface area (Å²) >= 11 is 0. The summed E-state index contributed by atoms with van der Waals surface area (Å²) in [4.78, 5) is 36.1. The number of aryl methyl sites for hydroxylation is 2. The van der Waals surface area contributed by atoms with Crippen LogP contribution in [0.1, 0.15) is 25.5 Å². The monoisotopic (exact) mass is 382 g/mol. The molecule has 0 spiro atoms. The Morgan fingerprint density at radius 1 is 1.18 bits per heavy atom. The second-order valence-corrected chi connectivity index (χ2v) is 7.31. The fraction of sp³-hybridized carbons (Fsp3) is 0.500. The number of hydrogen-bond donors (Lipinski definition) is 0. The minimum atomic E-state index is -0.482. The molecule has 2 aliphatic rings. The molecule has 0 aromatic carbocycles. The molecule has 28 heavy (non-hydrogen) atoms. The Hall–Kier alpha value is -2.90. The predicted octanol–water partition coefficient (Wildman–Crippen LogP) is 1.45. The van der Waals surface area contributed by atoms with E-state index in [1.54, 1.807) is 11.1 Å². The molecule has 4 rings (SSSR count). The van der Waals surface area contributed by atoms with Crippen molar-refractivity contribution < 1.29 is 9.59 Å². The molecule has 8 nitrogen and oxygen atoms in total. The number of anilines is 2. The van der Waals surface area contributed by atoms with E-state index in [9.17, 15) is 9.59 Å². The lowest BCUT2D eigenvalue weighted by Crippen LogP contribution is -2.57. The lowest BCUT2D eigenvalue weighted by atomic mass is 10.1. The standard InChI is InChI=1S/C20H26N6O2/c1-3-16(26-18-14-15(2)22-25(18)9-7-19(26)27)20(28)24-12-10-23(11-13-24)17-6-4-5-8-21-17/h4-6,8,14,16H,3,7,9-13H2,1-2H3/t16-/m0/s1. The van der Waals surface area contributed by atoms with Gasteiger partial charge in [-0.15, -0.1) is 0 Å². The van der Waals surface area contributed by atoms with E-state index in [-0.39, 0.29) is 11.8 Å². The number of nitrogens with zero attached hydrogens (tertiary/aromatic N) is 6. The molecule has 0 bridgehead atoms. The van der Waals surface area contributed by atoms with Gasteiger partial charge < -0.3 is 9.80 Å². The molecule has 2 aliphatic heterocycles. The average Bonchev–Trinajstić information content (AvgIpc) is 3.11. The van der Waals surface area contributed by atoms with E-state index >= 15 is 0 Å². The quantitative estimate of drug-likeness (QED) is 0.800. The van der Waals surface area contributed by atoms with Gasteiger partial charge in [0, 0.05) is 44.9 Å². The van der Waals surface area contributed by atoms with Crippen LogP contribution in [0.2, 0.25) is 0 Å². The van der Waals surface area contributed by atoms with E-state index in [1.165, 1.54) is 0 Å². The SMILES string of the molecule is CC[C@@H](C(=O)N1CCN(c2ccccn2)CC1)N1C(=O)CCn2nc(C)cc21. The summed E-state index contributed by atoms with van der Waals surface area (Å²) in [7, 11) is 0. The number of hydrogen-bond acceptors (Lipinski definition) is 5. The van der Waals surface area contributed by atoms with Crippen molar-refractivity contribution in [2.75, 3.05) is 36.0 Å². The number of carbonyl (C=O) groups is 2. The highest BCUT2D eigenvalue weighted by Gasteiger charge is 2.37. The summed E-state index contributed by atoms with van der Waals surface area (Å²) in [6.45, 7) is 7.19. The van der Waals surface area contributed by atoms with E-state index < -0.39 is 6.04 Å². The third-order valence-electron chi connectivity index (χ3n) is 5.48. The van der Waals surface area contributed by atoms with Gasteiger partial charge in [-0.25, -0.2) is 9.67 Å². The number of pyridine rings is 1. The third kappa shape index (κ3) is 3.34. The first-order chi connectivity index (χ1) is 13.6. The third-order valence-corrected chi connectivity index (χ3v) is 5.48. The van der Waals surface area contributed by atoms with E-state index in [4.69, 9.17) is 0 Å². The molecule has 1 saturated heterocycles. The molecular weight excluding hydrogens is 356 g/mol. The summed E-state index contributed by atoms with van der Waals surface area (Å²) in [5.41, 5.74) is 0.862. The number of carbonyl (C=O) groups excluding carboxylic acids is 2. The Morgan fingerprint density at radius 3 is 2.64 bits per heavy atom. The van der Waals surface area contributed by atoms with Gasteiger partial charge in [0.15, 0.2) is 0 Å². The van der Waals surface area contributed by atoms with Crippen LogP contribution in [0.25, 0.3) is 0 Å². The van der Waals surface area contributed by atoms with E-state index in [0.717, 1.165) is 30.4 Å². The number of rotatable bonds is 4. The van der Waals surface area contributed by atoms with Gasteiger partial charge in [0.25, 0.3) is 0 Å². The normalized spacial score (nSPS) is 18.2. The van der Waals surface area contributed by atoms with Gasteiger partial charge in [0.05, 0.1) is 12.2 Å². The minimum absolute atomic E-state index is 0.000258. The maximum absolute atomic E-state index is 13.3. The molecule has 0 radical (unpaired) electrons. The van der Waals surface area contributed by atoms with Gasteiger partial charge in [-0.2, -0.15) is 5.10 Å². The lowest BCUT2D eigenvalue weighted by molar-refractivity contribution is -0.135. The van der Waals surface area contributed by atoms with Crippen molar-refractivity contribution in [1.82, 2.24) is 19.7 Å². The molecule has 1 atom stereocenters. The van der Waals surface area contributed by atoms with Crippen LogP contribution >= 0.6 is 0 Å². The van der Waals surface area contributed by atoms with Crippen molar-refractivity contribution in [3.05, 3.63) is 36.2 Å². The van der Waals surface area contributed by atoms with Crippen LogP contribution in [0.4, 0.5) is 11.6 Å². The number of aromatic nitrogens is 3. The van der Waals surface area contributed by atoms with Crippen molar-refractivity contribution in [2.24, 2.45) is 0 Å². The van der Waals surface area contributed by atoms with Crippen molar-refractivity contribution in [3.8, 4) is 0 Å². The molecule has 0 aliphatic carbocycles. The molecule has 2 amide bonds. The van der Waals surface area contributed by atoms with Crippen LogP contribution in [-0.2, 0) is 16.1 Å². The van der Waals surface area contributed by atoms with Crippen LogP contribution in [0.3, 0.4) is 0 Å². The van der Waals surface area contributed by atoms with Gasteiger partial charge in [-0.3, -0.25) is 14.5 Å². The molecule has 4 heterocycles. The summed E-state index contributed by atoms with van der Waals surface area (Å²) < 4.78 is 1.84. The summed E-state index contributed by atoms with van der Waals surface area (Å²) in [5, 5.41) is 4.45. The Kier molecular flexibility index (Phi) is 5.02. The molecule has 148 valence electrons. The first-order valence-electron chi connectivity index (χ1n) is 9.89. The van der Waals surface area contributed by atoms with Gasteiger partial charge in [0.2, 0.25) is 11.8 Å². The summed E-state index contributed by atoms with van der Waals surface area (Å²) in [5.74, 6) is 1.69. The van der Waals surface area contributed by atoms with Crippen LogP contribution in [0.15, 0.2) is 30.5 Å². The Morgan fingerprint density at radius 2 is 1.96 bits per heavy atom.